The average molecular weight is 338 g/mol. The summed E-state index contributed by atoms with van der Waals surface area (Å²) >= 11 is 6.47. The summed E-state index contributed by atoms with van der Waals surface area (Å²) in [6.45, 7) is 2.57. The predicted octanol–water partition coefficient (Wildman–Crippen LogP) is 3.37. The van der Waals surface area contributed by atoms with E-state index in [1.54, 1.807) is 16.8 Å². The highest BCUT2D eigenvalue weighted by Crippen LogP contribution is 2.25. The number of nitrogens with zero attached hydrogens (tertiary/aromatic N) is 2. The maximum atomic E-state index is 13.1. The van der Waals surface area contributed by atoms with E-state index >= 15 is 0 Å². The van der Waals surface area contributed by atoms with E-state index in [1.165, 1.54) is 12.1 Å². The van der Waals surface area contributed by atoms with Gasteiger partial charge in [-0.25, -0.2) is 9.07 Å². The molecule has 3 rings (SSSR count). The molecule has 0 bridgehead atoms. The highest BCUT2D eigenvalue weighted by atomic mass is 35.5. The molecule has 0 radical (unpaired) electrons. The van der Waals surface area contributed by atoms with Crippen molar-refractivity contribution in [1.82, 2.24) is 15.1 Å². The highest BCUT2D eigenvalue weighted by Gasteiger charge is 2.20. The smallest absolute Gasteiger partial charge is 0.137 e. The van der Waals surface area contributed by atoms with Crippen LogP contribution in [0.4, 0.5) is 4.39 Å². The zero-order valence-corrected chi connectivity index (χ0v) is 13.9. The summed E-state index contributed by atoms with van der Waals surface area (Å²) in [5.74, 6) is -0.282. The third kappa shape index (κ3) is 3.74. The van der Waals surface area contributed by atoms with Gasteiger partial charge < -0.3 is 10.4 Å². The molecule has 2 N–H and O–H groups in total. The van der Waals surface area contributed by atoms with Crippen molar-refractivity contribution in [3.8, 4) is 5.69 Å². The van der Waals surface area contributed by atoms with Crippen LogP contribution in [0.15, 0.2) is 24.3 Å². The molecular weight excluding hydrogens is 317 g/mol. The third-order valence-electron chi connectivity index (χ3n) is 4.46. The number of nitrogens with one attached hydrogen (secondary N) is 1. The Labute approximate surface area is 140 Å². The molecule has 0 unspecified atom stereocenters. The zero-order valence-electron chi connectivity index (χ0n) is 13.1. The summed E-state index contributed by atoms with van der Waals surface area (Å²) in [6.07, 6.45) is 3.49. The van der Waals surface area contributed by atoms with Crippen molar-refractivity contribution in [2.24, 2.45) is 0 Å². The van der Waals surface area contributed by atoms with Crippen molar-refractivity contribution in [1.29, 1.82) is 0 Å². The van der Waals surface area contributed by atoms with E-state index in [-0.39, 0.29) is 11.9 Å². The van der Waals surface area contributed by atoms with Gasteiger partial charge in [0.05, 0.1) is 17.5 Å². The van der Waals surface area contributed by atoms with E-state index in [1.807, 2.05) is 6.92 Å². The molecule has 1 saturated carbocycles. The Hall–Kier alpha value is -1.43. The van der Waals surface area contributed by atoms with Gasteiger partial charge in [0.1, 0.15) is 11.0 Å². The summed E-state index contributed by atoms with van der Waals surface area (Å²) in [6, 6.07) is 6.52. The first kappa shape index (κ1) is 16.4. The third-order valence-corrected chi connectivity index (χ3v) is 4.85. The molecule has 124 valence electrons. The lowest BCUT2D eigenvalue weighted by atomic mass is 9.93. The standard InChI is InChI=1S/C17H21ClFN3O/c1-11-16(10-20-13-4-8-15(23)9-5-13)17(18)22(21-11)14-6-2-12(19)3-7-14/h2-3,6-7,13,15,20,23H,4-5,8-10H2,1H3. The fraction of sp³-hybridized carbons (Fsp3) is 0.471. The van der Waals surface area contributed by atoms with Gasteiger partial charge in [-0.3, -0.25) is 0 Å². The number of hydrogen-bond acceptors (Lipinski definition) is 3. The second kappa shape index (κ2) is 6.99. The lowest BCUT2D eigenvalue weighted by Gasteiger charge is -2.26. The van der Waals surface area contributed by atoms with Crippen LogP contribution >= 0.6 is 11.6 Å². The average Bonchev–Trinajstić information content (AvgIpc) is 2.82. The molecule has 1 aromatic carbocycles. The molecule has 1 aromatic heterocycles. The number of aromatic nitrogens is 2. The summed E-state index contributed by atoms with van der Waals surface area (Å²) in [4.78, 5) is 0. The monoisotopic (exact) mass is 337 g/mol. The van der Waals surface area contributed by atoms with Crippen molar-refractivity contribution in [3.63, 3.8) is 0 Å². The summed E-state index contributed by atoms with van der Waals surface area (Å²) in [7, 11) is 0. The van der Waals surface area contributed by atoms with Gasteiger partial charge in [0.25, 0.3) is 0 Å². The first-order chi connectivity index (χ1) is 11.0. The fourth-order valence-corrected chi connectivity index (χ4v) is 3.35. The van der Waals surface area contributed by atoms with Crippen LogP contribution in [0, 0.1) is 12.7 Å². The van der Waals surface area contributed by atoms with Crippen LogP contribution in [-0.2, 0) is 6.54 Å². The molecule has 23 heavy (non-hydrogen) atoms. The van der Waals surface area contributed by atoms with Crippen molar-refractivity contribution >= 4 is 11.6 Å². The van der Waals surface area contributed by atoms with Gasteiger partial charge >= 0.3 is 0 Å². The SMILES string of the molecule is Cc1nn(-c2ccc(F)cc2)c(Cl)c1CNC1CCC(O)CC1. The van der Waals surface area contributed by atoms with Gasteiger partial charge in [-0.2, -0.15) is 5.10 Å². The van der Waals surface area contributed by atoms with Gasteiger partial charge in [0.2, 0.25) is 0 Å². The molecule has 0 amide bonds. The summed E-state index contributed by atoms with van der Waals surface area (Å²) in [5, 5.41) is 18.1. The summed E-state index contributed by atoms with van der Waals surface area (Å²) < 4.78 is 14.7. The quantitative estimate of drug-likeness (QED) is 0.899. The fourth-order valence-electron chi connectivity index (χ4n) is 3.01. The number of aliphatic hydroxyl groups excluding tert-OH is 1. The molecule has 4 nitrogen and oxygen atoms in total. The molecule has 0 aliphatic heterocycles. The van der Waals surface area contributed by atoms with Crippen LogP contribution in [0.25, 0.3) is 5.69 Å². The predicted molar refractivity (Wildman–Crippen MR) is 88.4 cm³/mol. The Morgan fingerprint density at radius 3 is 2.57 bits per heavy atom. The Balaban J connectivity index is 1.72. The lowest BCUT2D eigenvalue weighted by Crippen LogP contribution is -2.34. The van der Waals surface area contributed by atoms with Gasteiger partial charge in [-0.05, 0) is 56.9 Å². The minimum atomic E-state index is -0.282. The molecule has 1 aliphatic rings. The number of benzene rings is 1. The number of aliphatic hydroxyl groups is 1. The van der Waals surface area contributed by atoms with Gasteiger partial charge in [0.15, 0.2) is 0 Å². The van der Waals surface area contributed by atoms with Crippen LogP contribution in [-0.4, -0.2) is 27.0 Å². The molecule has 2 aromatic rings. The number of rotatable bonds is 4. The molecule has 1 fully saturated rings. The topological polar surface area (TPSA) is 50.1 Å². The van der Waals surface area contributed by atoms with Crippen LogP contribution in [0.2, 0.25) is 5.15 Å². The number of halogens is 2. The van der Waals surface area contributed by atoms with E-state index in [9.17, 15) is 9.50 Å². The number of aryl methyl sites for hydroxylation is 1. The van der Waals surface area contributed by atoms with Gasteiger partial charge in [0, 0.05) is 18.2 Å². The van der Waals surface area contributed by atoms with Gasteiger partial charge in [-0.15, -0.1) is 0 Å². The molecular formula is C17H21ClFN3O. The van der Waals surface area contributed by atoms with E-state index < -0.39 is 0 Å². The minimum absolute atomic E-state index is 0.153. The molecule has 0 spiro atoms. The Morgan fingerprint density at radius 1 is 1.26 bits per heavy atom. The van der Waals surface area contributed by atoms with E-state index in [4.69, 9.17) is 11.6 Å². The van der Waals surface area contributed by atoms with Crippen LogP contribution in [0.5, 0.6) is 0 Å². The first-order valence-corrected chi connectivity index (χ1v) is 8.34. The lowest BCUT2D eigenvalue weighted by molar-refractivity contribution is 0.116. The van der Waals surface area contributed by atoms with E-state index in [0.717, 1.165) is 42.6 Å². The van der Waals surface area contributed by atoms with Crippen molar-refractivity contribution in [3.05, 3.63) is 46.5 Å². The number of hydrogen-bond donors (Lipinski definition) is 2. The highest BCUT2D eigenvalue weighted by molar-refractivity contribution is 6.30. The second-order valence-corrected chi connectivity index (χ2v) is 6.49. The van der Waals surface area contributed by atoms with E-state index in [2.05, 4.69) is 10.4 Å². The largest absolute Gasteiger partial charge is 0.393 e. The second-order valence-electron chi connectivity index (χ2n) is 6.13. The zero-order chi connectivity index (χ0) is 16.4. The molecule has 1 heterocycles. The maximum absolute atomic E-state index is 13.1. The molecule has 6 heteroatoms. The normalized spacial score (nSPS) is 21.6. The minimum Gasteiger partial charge on any atom is -0.393 e. The van der Waals surface area contributed by atoms with Crippen molar-refractivity contribution in [2.45, 2.75) is 51.3 Å². The van der Waals surface area contributed by atoms with Crippen LogP contribution < -0.4 is 5.32 Å². The van der Waals surface area contributed by atoms with Crippen LogP contribution in [0.1, 0.15) is 36.9 Å². The Morgan fingerprint density at radius 2 is 1.91 bits per heavy atom. The van der Waals surface area contributed by atoms with Crippen molar-refractivity contribution in [2.75, 3.05) is 0 Å². The molecule has 1 aliphatic carbocycles. The molecule has 0 atom stereocenters. The first-order valence-electron chi connectivity index (χ1n) is 7.96. The van der Waals surface area contributed by atoms with Crippen LogP contribution in [0.3, 0.4) is 0 Å². The van der Waals surface area contributed by atoms with E-state index in [0.29, 0.717) is 17.7 Å². The van der Waals surface area contributed by atoms with Crippen molar-refractivity contribution < 1.29 is 9.50 Å². The Kier molecular flexibility index (Phi) is 4.99. The Bertz CT molecular complexity index is 663. The molecule has 0 saturated heterocycles. The van der Waals surface area contributed by atoms with Gasteiger partial charge in [-0.1, -0.05) is 11.6 Å². The maximum Gasteiger partial charge on any atom is 0.137 e. The summed E-state index contributed by atoms with van der Waals surface area (Å²) in [5.41, 5.74) is 2.57.